The highest BCUT2D eigenvalue weighted by molar-refractivity contribution is 7.10. The van der Waals surface area contributed by atoms with E-state index in [0.29, 0.717) is 0 Å². The molecule has 0 bridgehead atoms. The van der Waals surface area contributed by atoms with Crippen LogP contribution in [0.25, 0.3) is 0 Å². The van der Waals surface area contributed by atoms with Crippen LogP contribution in [0.2, 0.25) is 0 Å². The molecule has 1 unspecified atom stereocenters. The van der Waals surface area contributed by atoms with Gasteiger partial charge in [-0.1, -0.05) is 13.0 Å². The molecular weight excluding hydrogens is 280 g/mol. The molecule has 2 aromatic heterocycles. The fourth-order valence-electron chi connectivity index (χ4n) is 1.81. The van der Waals surface area contributed by atoms with Gasteiger partial charge in [-0.2, -0.15) is 4.98 Å². The molecule has 0 saturated carbocycles. The highest BCUT2D eigenvalue weighted by Crippen LogP contribution is 2.34. The van der Waals surface area contributed by atoms with Crippen LogP contribution in [0, 0.1) is 10.1 Å². The van der Waals surface area contributed by atoms with Crippen LogP contribution in [0.1, 0.15) is 24.3 Å². The van der Waals surface area contributed by atoms with Gasteiger partial charge in [0.15, 0.2) is 0 Å². The lowest BCUT2D eigenvalue weighted by Gasteiger charge is -2.16. The van der Waals surface area contributed by atoms with Gasteiger partial charge in [-0.15, -0.1) is 11.3 Å². The van der Waals surface area contributed by atoms with E-state index in [4.69, 9.17) is 4.74 Å². The summed E-state index contributed by atoms with van der Waals surface area (Å²) in [4.78, 5) is 19.5. The van der Waals surface area contributed by atoms with Crippen LogP contribution in [0.4, 0.5) is 11.5 Å². The Morgan fingerprint density at radius 3 is 2.90 bits per heavy atom. The number of ether oxygens (including phenoxy) is 1. The molecule has 8 heteroatoms. The zero-order valence-electron chi connectivity index (χ0n) is 11.1. The maximum Gasteiger partial charge on any atom is 0.372 e. The molecule has 0 radical (unpaired) electrons. The third-order valence-corrected chi connectivity index (χ3v) is 3.76. The standard InChI is InChI=1S/C12H14N4O3S/c1-3-8(9-5-4-6-20-9)15-11-10(16(17)18)12(19-2)14-7-13-11/h4-8H,3H2,1-2H3,(H,13,14,15). The Morgan fingerprint density at radius 1 is 1.55 bits per heavy atom. The maximum atomic E-state index is 11.2. The molecule has 20 heavy (non-hydrogen) atoms. The zero-order valence-corrected chi connectivity index (χ0v) is 11.9. The van der Waals surface area contributed by atoms with Gasteiger partial charge in [0.05, 0.1) is 18.1 Å². The Hall–Kier alpha value is -2.22. The molecule has 2 rings (SSSR count). The molecule has 7 nitrogen and oxygen atoms in total. The number of thiophene rings is 1. The summed E-state index contributed by atoms with van der Waals surface area (Å²) in [6.45, 7) is 2.00. The molecule has 106 valence electrons. The maximum absolute atomic E-state index is 11.2. The number of nitrogens with one attached hydrogen (secondary N) is 1. The van der Waals surface area contributed by atoms with Crippen molar-refractivity contribution in [3.63, 3.8) is 0 Å². The van der Waals surface area contributed by atoms with Crippen LogP contribution in [-0.2, 0) is 0 Å². The molecule has 0 aliphatic heterocycles. The summed E-state index contributed by atoms with van der Waals surface area (Å²) in [6, 6.07) is 3.89. The van der Waals surface area contributed by atoms with Crippen molar-refractivity contribution in [3.05, 3.63) is 38.8 Å². The molecule has 0 aliphatic rings. The first kappa shape index (κ1) is 14.2. The van der Waals surface area contributed by atoms with Crippen LogP contribution in [0.3, 0.4) is 0 Å². The quantitative estimate of drug-likeness (QED) is 0.650. The highest BCUT2D eigenvalue weighted by atomic mass is 32.1. The zero-order chi connectivity index (χ0) is 14.5. The Morgan fingerprint density at radius 2 is 2.35 bits per heavy atom. The first-order valence-electron chi connectivity index (χ1n) is 6.00. The van der Waals surface area contributed by atoms with Crippen LogP contribution >= 0.6 is 11.3 Å². The third kappa shape index (κ3) is 2.85. The smallest absolute Gasteiger partial charge is 0.372 e. The Kier molecular flexibility index (Phi) is 4.46. The lowest BCUT2D eigenvalue weighted by atomic mass is 10.2. The van der Waals surface area contributed by atoms with E-state index in [1.165, 1.54) is 13.4 Å². The first-order valence-corrected chi connectivity index (χ1v) is 6.88. The average Bonchev–Trinajstić information content (AvgIpc) is 2.97. The topological polar surface area (TPSA) is 90.2 Å². The van der Waals surface area contributed by atoms with Crippen molar-refractivity contribution in [3.8, 4) is 5.88 Å². The molecule has 0 aromatic carbocycles. The second-order valence-electron chi connectivity index (χ2n) is 3.96. The van der Waals surface area contributed by atoms with Crippen molar-refractivity contribution in [1.29, 1.82) is 0 Å². The van der Waals surface area contributed by atoms with Crippen LogP contribution in [0.5, 0.6) is 5.88 Å². The number of hydrogen-bond acceptors (Lipinski definition) is 7. The summed E-state index contributed by atoms with van der Waals surface area (Å²) in [6.07, 6.45) is 2.03. The van der Waals surface area contributed by atoms with E-state index in [-0.39, 0.29) is 23.4 Å². The summed E-state index contributed by atoms with van der Waals surface area (Å²) >= 11 is 1.59. The van der Waals surface area contributed by atoms with E-state index in [0.717, 1.165) is 11.3 Å². The summed E-state index contributed by atoms with van der Waals surface area (Å²) < 4.78 is 4.92. The lowest BCUT2D eigenvalue weighted by Crippen LogP contribution is -2.12. The first-order chi connectivity index (χ1) is 9.67. The average molecular weight is 294 g/mol. The van der Waals surface area contributed by atoms with Crippen molar-refractivity contribution in [2.75, 3.05) is 12.4 Å². The minimum absolute atomic E-state index is 0.0340. The predicted octanol–water partition coefficient (Wildman–Crippen LogP) is 3.02. The highest BCUT2D eigenvalue weighted by Gasteiger charge is 2.25. The number of rotatable bonds is 6. The minimum Gasteiger partial charge on any atom is -0.476 e. The second-order valence-corrected chi connectivity index (χ2v) is 4.94. The second kappa shape index (κ2) is 6.29. The Labute approximate surface area is 119 Å². The fraction of sp³-hybridized carbons (Fsp3) is 0.333. The summed E-state index contributed by atoms with van der Waals surface area (Å²) in [5.74, 6) is 0.121. The van der Waals surface area contributed by atoms with Gasteiger partial charge in [0, 0.05) is 4.88 Å². The van der Waals surface area contributed by atoms with E-state index in [1.807, 2.05) is 24.4 Å². The molecule has 0 aliphatic carbocycles. The van der Waals surface area contributed by atoms with Crippen molar-refractivity contribution in [2.45, 2.75) is 19.4 Å². The largest absolute Gasteiger partial charge is 0.476 e. The van der Waals surface area contributed by atoms with Crippen molar-refractivity contribution >= 4 is 22.8 Å². The lowest BCUT2D eigenvalue weighted by molar-refractivity contribution is -0.385. The fourth-order valence-corrected chi connectivity index (χ4v) is 2.67. The predicted molar refractivity (Wildman–Crippen MR) is 76.2 cm³/mol. The van der Waals surface area contributed by atoms with Gasteiger partial charge in [0.2, 0.25) is 5.82 Å². The van der Waals surface area contributed by atoms with E-state index in [9.17, 15) is 10.1 Å². The van der Waals surface area contributed by atoms with Gasteiger partial charge < -0.3 is 10.1 Å². The Balaban J connectivity index is 2.35. The van der Waals surface area contributed by atoms with E-state index < -0.39 is 4.92 Å². The van der Waals surface area contributed by atoms with Gasteiger partial charge in [-0.05, 0) is 17.9 Å². The van der Waals surface area contributed by atoms with Crippen molar-refractivity contribution in [2.24, 2.45) is 0 Å². The van der Waals surface area contributed by atoms with Crippen LogP contribution in [-0.4, -0.2) is 22.0 Å². The van der Waals surface area contributed by atoms with Gasteiger partial charge >= 0.3 is 5.69 Å². The summed E-state index contributed by atoms with van der Waals surface area (Å²) in [5.41, 5.74) is -0.245. The van der Waals surface area contributed by atoms with Crippen molar-refractivity contribution < 1.29 is 9.66 Å². The molecular formula is C12H14N4O3S. The molecule has 0 spiro atoms. The van der Waals surface area contributed by atoms with Gasteiger partial charge in [0.25, 0.3) is 5.88 Å². The van der Waals surface area contributed by atoms with Gasteiger partial charge in [0.1, 0.15) is 6.33 Å². The molecule has 1 N–H and O–H groups in total. The molecule has 1 atom stereocenters. The minimum atomic E-state index is -0.539. The van der Waals surface area contributed by atoms with Gasteiger partial charge in [-0.3, -0.25) is 10.1 Å². The number of hydrogen-bond donors (Lipinski definition) is 1. The Bertz CT molecular complexity index is 588. The van der Waals surface area contributed by atoms with E-state index in [1.54, 1.807) is 11.3 Å². The molecule has 0 saturated heterocycles. The molecule has 2 aromatic rings. The van der Waals surface area contributed by atoms with Crippen molar-refractivity contribution in [1.82, 2.24) is 9.97 Å². The molecule has 2 heterocycles. The third-order valence-electron chi connectivity index (χ3n) is 2.77. The number of methoxy groups -OCH3 is 1. The normalized spacial score (nSPS) is 11.9. The number of nitrogens with zero attached hydrogens (tertiary/aromatic N) is 3. The molecule has 0 amide bonds. The molecule has 0 fully saturated rings. The monoisotopic (exact) mass is 294 g/mol. The number of nitro groups is 1. The van der Waals surface area contributed by atoms with E-state index in [2.05, 4.69) is 15.3 Å². The van der Waals surface area contributed by atoms with E-state index >= 15 is 0 Å². The van der Waals surface area contributed by atoms with Crippen LogP contribution in [0.15, 0.2) is 23.8 Å². The number of anilines is 1. The van der Waals surface area contributed by atoms with Gasteiger partial charge in [-0.25, -0.2) is 4.98 Å². The van der Waals surface area contributed by atoms with Crippen LogP contribution < -0.4 is 10.1 Å². The summed E-state index contributed by atoms with van der Waals surface area (Å²) in [7, 11) is 1.34. The SMILES string of the molecule is CCC(Nc1ncnc(OC)c1[N+](=O)[O-])c1cccs1. The number of aromatic nitrogens is 2. The summed E-state index contributed by atoms with van der Waals surface area (Å²) in [5, 5.41) is 16.2.